The smallest absolute Gasteiger partial charge is 0.119 e. The lowest BCUT2D eigenvalue weighted by Gasteiger charge is -2.13. The zero-order valence-corrected chi connectivity index (χ0v) is 11.5. The van der Waals surface area contributed by atoms with Gasteiger partial charge in [-0.1, -0.05) is 0 Å². The average Bonchev–Trinajstić information content (AvgIpc) is 2.45. The van der Waals surface area contributed by atoms with Crippen molar-refractivity contribution in [3.8, 4) is 23.3 Å². The quantitative estimate of drug-likeness (QED) is 0.550. The van der Waals surface area contributed by atoms with Gasteiger partial charge in [-0.25, -0.2) is 0 Å². The fourth-order valence-electron chi connectivity index (χ4n) is 1.47. The third-order valence-electron chi connectivity index (χ3n) is 2.49. The van der Waals surface area contributed by atoms with Crippen LogP contribution in [-0.2, 0) is 0 Å². The first kappa shape index (κ1) is 15.4. The van der Waals surface area contributed by atoms with Gasteiger partial charge in [0.25, 0.3) is 0 Å². The zero-order chi connectivity index (χ0) is 13.9. The van der Waals surface area contributed by atoms with Crippen LogP contribution in [0.15, 0.2) is 24.3 Å². The molecular formula is C15H21NO3. The molecule has 0 spiro atoms. The Morgan fingerprint density at radius 2 is 1.95 bits per heavy atom. The Hall–Kier alpha value is -1.70. The second-order valence-electron chi connectivity index (χ2n) is 4.02. The third kappa shape index (κ3) is 6.70. The first-order valence-corrected chi connectivity index (χ1v) is 6.31. The van der Waals surface area contributed by atoms with E-state index in [0.717, 1.165) is 24.5 Å². The Morgan fingerprint density at radius 3 is 2.58 bits per heavy atom. The molecule has 0 radical (unpaired) electrons. The van der Waals surface area contributed by atoms with Gasteiger partial charge in [0.1, 0.15) is 24.2 Å². The predicted molar refractivity (Wildman–Crippen MR) is 75.4 cm³/mol. The van der Waals surface area contributed by atoms with Gasteiger partial charge in [0.15, 0.2) is 0 Å². The van der Waals surface area contributed by atoms with Crippen molar-refractivity contribution < 1.29 is 14.6 Å². The van der Waals surface area contributed by atoms with E-state index in [1.807, 2.05) is 31.2 Å². The van der Waals surface area contributed by atoms with Crippen molar-refractivity contribution in [1.82, 2.24) is 5.32 Å². The molecule has 19 heavy (non-hydrogen) atoms. The molecule has 0 saturated carbocycles. The molecule has 4 nitrogen and oxygen atoms in total. The van der Waals surface area contributed by atoms with E-state index in [1.165, 1.54) is 0 Å². The zero-order valence-electron chi connectivity index (χ0n) is 11.5. The van der Waals surface area contributed by atoms with Crippen molar-refractivity contribution in [3.05, 3.63) is 24.3 Å². The summed E-state index contributed by atoms with van der Waals surface area (Å²) in [5.74, 6) is 7.28. The van der Waals surface area contributed by atoms with Crippen LogP contribution in [0.2, 0.25) is 0 Å². The first-order valence-electron chi connectivity index (χ1n) is 6.31. The van der Waals surface area contributed by atoms with Gasteiger partial charge in [-0.3, -0.25) is 0 Å². The van der Waals surface area contributed by atoms with E-state index >= 15 is 0 Å². The predicted octanol–water partition coefficient (Wildman–Crippen LogP) is 1.44. The van der Waals surface area contributed by atoms with Gasteiger partial charge in [-0.15, -0.1) is 11.8 Å². The molecule has 1 unspecified atom stereocenters. The largest absolute Gasteiger partial charge is 0.497 e. The molecule has 1 aromatic carbocycles. The number of aliphatic hydroxyl groups is 1. The van der Waals surface area contributed by atoms with E-state index in [4.69, 9.17) is 9.47 Å². The van der Waals surface area contributed by atoms with Gasteiger partial charge < -0.3 is 19.9 Å². The Kier molecular flexibility index (Phi) is 7.48. The van der Waals surface area contributed by atoms with Crippen LogP contribution in [0, 0.1) is 11.8 Å². The molecule has 0 aromatic heterocycles. The lowest BCUT2D eigenvalue weighted by molar-refractivity contribution is 0.107. The van der Waals surface area contributed by atoms with Gasteiger partial charge in [-0.2, -0.15) is 0 Å². The molecule has 0 aliphatic rings. The minimum atomic E-state index is -0.531. The van der Waals surface area contributed by atoms with Crippen molar-refractivity contribution in [1.29, 1.82) is 0 Å². The van der Waals surface area contributed by atoms with Crippen molar-refractivity contribution in [3.63, 3.8) is 0 Å². The van der Waals surface area contributed by atoms with Crippen LogP contribution in [0.25, 0.3) is 0 Å². The molecule has 0 bridgehead atoms. The molecule has 0 aliphatic carbocycles. The van der Waals surface area contributed by atoms with E-state index in [2.05, 4.69) is 17.2 Å². The fourth-order valence-corrected chi connectivity index (χ4v) is 1.47. The van der Waals surface area contributed by atoms with E-state index in [0.29, 0.717) is 6.54 Å². The molecule has 1 rings (SSSR count). The highest BCUT2D eigenvalue weighted by molar-refractivity contribution is 5.31. The number of ether oxygens (including phenoxy) is 2. The summed E-state index contributed by atoms with van der Waals surface area (Å²) in [4.78, 5) is 0. The molecule has 0 saturated heterocycles. The molecule has 2 N–H and O–H groups in total. The Morgan fingerprint density at radius 1 is 1.26 bits per heavy atom. The van der Waals surface area contributed by atoms with Gasteiger partial charge in [-0.05, 0) is 31.2 Å². The lowest BCUT2D eigenvalue weighted by Crippen LogP contribution is -2.31. The molecule has 0 fully saturated rings. The van der Waals surface area contributed by atoms with Crippen LogP contribution in [0.5, 0.6) is 11.5 Å². The summed E-state index contributed by atoms with van der Waals surface area (Å²) < 4.78 is 10.5. The molecule has 1 atom stereocenters. The molecule has 4 heteroatoms. The maximum atomic E-state index is 9.72. The summed E-state index contributed by atoms with van der Waals surface area (Å²) in [6.07, 6.45) is 0.263. The summed E-state index contributed by atoms with van der Waals surface area (Å²) in [6, 6.07) is 7.28. The second-order valence-corrected chi connectivity index (χ2v) is 4.02. The first-order chi connectivity index (χ1) is 9.26. The van der Waals surface area contributed by atoms with Crippen LogP contribution >= 0.6 is 0 Å². The monoisotopic (exact) mass is 263 g/mol. The Bertz CT molecular complexity index is 406. The summed E-state index contributed by atoms with van der Waals surface area (Å²) in [5.41, 5.74) is 0. The van der Waals surface area contributed by atoms with Crippen molar-refractivity contribution in [2.45, 2.75) is 19.4 Å². The number of hydrogen-bond acceptors (Lipinski definition) is 4. The Balaban J connectivity index is 2.17. The van der Waals surface area contributed by atoms with Crippen LogP contribution in [0.4, 0.5) is 0 Å². The summed E-state index contributed by atoms with van der Waals surface area (Å²) in [5, 5.41) is 12.8. The highest BCUT2D eigenvalue weighted by atomic mass is 16.5. The highest BCUT2D eigenvalue weighted by Gasteiger charge is 2.04. The van der Waals surface area contributed by atoms with E-state index < -0.39 is 6.10 Å². The van der Waals surface area contributed by atoms with Crippen LogP contribution in [0.1, 0.15) is 13.3 Å². The number of aliphatic hydroxyl groups excluding tert-OH is 1. The molecular weight excluding hydrogens is 242 g/mol. The normalized spacial score (nSPS) is 11.3. The van der Waals surface area contributed by atoms with Gasteiger partial charge in [0.2, 0.25) is 0 Å². The number of rotatable bonds is 8. The molecule has 104 valence electrons. The summed E-state index contributed by atoms with van der Waals surface area (Å²) in [7, 11) is 1.62. The molecule has 0 heterocycles. The summed E-state index contributed by atoms with van der Waals surface area (Å²) in [6.45, 7) is 3.36. The Labute approximate surface area is 114 Å². The third-order valence-corrected chi connectivity index (χ3v) is 2.49. The van der Waals surface area contributed by atoms with E-state index in [1.54, 1.807) is 7.11 Å². The second kappa shape index (κ2) is 9.26. The maximum absolute atomic E-state index is 9.72. The average molecular weight is 263 g/mol. The fraction of sp³-hybridized carbons (Fsp3) is 0.467. The number of hydrogen-bond donors (Lipinski definition) is 2. The van der Waals surface area contributed by atoms with Gasteiger partial charge >= 0.3 is 0 Å². The molecule has 0 amide bonds. The maximum Gasteiger partial charge on any atom is 0.119 e. The van der Waals surface area contributed by atoms with Crippen molar-refractivity contribution in [2.24, 2.45) is 0 Å². The van der Waals surface area contributed by atoms with Crippen molar-refractivity contribution >= 4 is 0 Å². The van der Waals surface area contributed by atoms with Crippen LogP contribution in [0.3, 0.4) is 0 Å². The summed E-state index contributed by atoms with van der Waals surface area (Å²) >= 11 is 0. The topological polar surface area (TPSA) is 50.7 Å². The van der Waals surface area contributed by atoms with Crippen LogP contribution in [-0.4, -0.2) is 38.0 Å². The lowest BCUT2D eigenvalue weighted by atomic mass is 10.3. The SMILES string of the molecule is CC#CCCNCC(O)COc1ccc(OC)cc1. The minimum absolute atomic E-state index is 0.263. The van der Waals surface area contributed by atoms with Crippen molar-refractivity contribution in [2.75, 3.05) is 26.8 Å². The molecule has 1 aromatic rings. The molecule has 0 aliphatic heterocycles. The number of nitrogens with one attached hydrogen (secondary N) is 1. The number of benzene rings is 1. The van der Waals surface area contributed by atoms with Gasteiger partial charge in [0.05, 0.1) is 7.11 Å². The standard InChI is InChI=1S/C15H21NO3/c1-3-4-5-10-16-11-13(17)12-19-15-8-6-14(18-2)7-9-15/h6-9,13,16-17H,5,10-12H2,1-2H3. The highest BCUT2D eigenvalue weighted by Crippen LogP contribution is 2.16. The number of methoxy groups -OCH3 is 1. The van der Waals surface area contributed by atoms with E-state index in [9.17, 15) is 5.11 Å². The van der Waals surface area contributed by atoms with Crippen LogP contribution < -0.4 is 14.8 Å². The van der Waals surface area contributed by atoms with E-state index in [-0.39, 0.29) is 6.61 Å². The minimum Gasteiger partial charge on any atom is -0.497 e. The van der Waals surface area contributed by atoms with Gasteiger partial charge in [0, 0.05) is 19.5 Å².